The van der Waals surface area contributed by atoms with Crippen LogP contribution in [0.5, 0.6) is 5.75 Å². The summed E-state index contributed by atoms with van der Waals surface area (Å²) in [5, 5.41) is 8.92. The number of ether oxygens (including phenoxy) is 1. The van der Waals surface area contributed by atoms with Gasteiger partial charge in [0.25, 0.3) is 0 Å². The van der Waals surface area contributed by atoms with Crippen molar-refractivity contribution in [2.75, 3.05) is 38.2 Å². The molecule has 1 aliphatic rings. The first kappa shape index (κ1) is 21.5. The van der Waals surface area contributed by atoms with Crippen molar-refractivity contribution in [1.29, 1.82) is 5.26 Å². The molecule has 0 saturated carbocycles. The van der Waals surface area contributed by atoms with E-state index in [1.165, 1.54) is 12.1 Å². The minimum absolute atomic E-state index is 0.0290. The zero-order valence-corrected chi connectivity index (χ0v) is 16.6. The van der Waals surface area contributed by atoms with E-state index < -0.39 is 17.3 Å². The van der Waals surface area contributed by atoms with Gasteiger partial charge in [-0.25, -0.2) is 0 Å². The molecule has 3 rings (SSSR count). The van der Waals surface area contributed by atoms with Crippen LogP contribution in [0.1, 0.15) is 23.1 Å². The highest BCUT2D eigenvalue weighted by molar-refractivity contribution is 5.76. The molecule has 0 aromatic heterocycles. The summed E-state index contributed by atoms with van der Waals surface area (Å²) >= 11 is 0. The van der Waals surface area contributed by atoms with Crippen molar-refractivity contribution in [2.24, 2.45) is 0 Å². The highest BCUT2D eigenvalue weighted by Crippen LogP contribution is 2.34. The monoisotopic (exact) mass is 417 g/mol. The van der Waals surface area contributed by atoms with Gasteiger partial charge in [0.1, 0.15) is 5.75 Å². The van der Waals surface area contributed by atoms with E-state index in [9.17, 15) is 18.0 Å². The molecule has 0 aliphatic carbocycles. The number of hydrogen-bond donors (Lipinski definition) is 0. The Morgan fingerprint density at radius 3 is 2.33 bits per heavy atom. The number of amides is 1. The summed E-state index contributed by atoms with van der Waals surface area (Å²) in [4.78, 5) is 16.1. The predicted molar refractivity (Wildman–Crippen MR) is 106 cm³/mol. The second kappa shape index (κ2) is 9.08. The Labute approximate surface area is 173 Å². The van der Waals surface area contributed by atoms with Gasteiger partial charge in [0.2, 0.25) is 5.91 Å². The van der Waals surface area contributed by atoms with Crippen molar-refractivity contribution in [3.63, 3.8) is 0 Å². The minimum Gasteiger partial charge on any atom is -0.497 e. The lowest BCUT2D eigenvalue weighted by molar-refractivity contribution is -0.137. The number of benzene rings is 2. The van der Waals surface area contributed by atoms with Gasteiger partial charge in [-0.1, -0.05) is 12.1 Å². The standard InChI is InChI=1S/C22H22F3N3O2/c1-30-19-7-2-16(3-8-19)4-9-21(29)28-12-10-27(11-13-28)18-6-5-17(15-26)20(14-18)22(23,24)25/h2-3,5-8,14H,4,9-13H2,1H3. The van der Waals surface area contributed by atoms with Gasteiger partial charge in [0.05, 0.1) is 24.3 Å². The van der Waals surface area contributed by atoms with E-state index in [2.05, 4.69) is 0 Å². The highest BCUT2D eigenvalue weighted by Gasteiger charge is 2.34. The summed E-state index contributed by atoms with van der Waals surface area (Å²) in [7, 11) is 1.60. The molecule has 0 N–H and O–H groups in total. The van der Waals surface area contributed by atoms with Crippen LogP contribution in [0.25, 0.3) is 0 Å². The number of piperazine rings is 1. The van der Waals surface area contributed by atoms with Gasteiger partial charge in [-0.05, 0) is 42.3 Å². The van der Waals surface area contributed by atoms with E-state index in [1.54, 1.807) is 18.1 Å². The maximum absolute atomic E-state index is 13.2. The Kier molecular flexibility index (Phi) is 6.50. The molecular weight excluding hydrogens is 395 g/mol. The highest BCUT2D eigenvalue weighted by atomic mass is 19.4. The van der Waals surface area contributed by atoms with Crippen LogP contribution in [-0.4, -0.2) is 44.1 Å². The summed E-state index contributed by atoms with van der Waals surface area (Å²) in [6.07, 6.45) is -3.59. The average Bonchev–Trinajstić information content (AvgIpc) is 2.77. The van der Waals surface area contributed by atoms with Crippen molar-refractivity contribution in [1.82, 2.24) is 4.90 Å². The molecular formula is C22H22F3N3O2. The largest absolute Gasteiger partial charge is 0.497 e. The fourth-order valence-electron chi connectivity index (χ4n) is 3.48. The molecule has 0 atom stereocenters. The van der Waals surface area contributed by atoms with Gasteiger partial charge >= 0.3 is 6.18 Å². The second-order valence-corrected chi connectivity index (χ2v) is 7.06. The van der Waals surface area contributed by atoms with Crippen LogP contribution in [0.15, 0.2) is 42.5 Å². The van der Waals surface area contributed by atoms with E-state index in [-0.39, 0.29) is 5.91 Å². The third-order valence-corrected chi connectivity index (χ3v) is 5.21. The SMILES string of the molecule is COc1ccc(CCC(=O)N2CCN(c3ccc(C#N)c(C(F)(F)F)c3)CC2)cc1. The summed E-state index contributed by atoms with van der Waals surface area (Å²) < 4.78 is 44.7. The Morgan fingerprint density at radius 2 is 1.77 bits per heavy atom. The molecule has 8 heteroatoms. The minimum atomic E-state index is -4.58. The van der Waals surface area contributed by atoms with Gasteiger partial charge < -0.3 is 14.5 Å². The van der Waals surface area contributed by atoms with Gasteiger partial charge in [0.15, 0.2) is 0 Å². The van der Waals surface area contributed by atoms with Crippen LogP contribution in [0.2, 0.25) is 0 Å². The lowest BCUT2D eigenvalue weighted by Gasteiger charge is -2.36. The molecule has 5 nitrogen and oxygen atoms in total. The molecule has 0 spiro atoms. The van der Waals surface area contributed by atoms with Crippen LogP contribution < -0.4 is 9.64 Å². The summed E-state index contributed by atoms with van der Waals surface area (Å²) in [6, 6.07) is 12.9. The molecule has 1 saturated heterocycles. The van der Waals surface area contributed by atoms with Crippen LogP contribution in [0, 0.1) is 11.3 Å². The summed E-state index contributed by atoms with van der Waals surface area (Å²) in [5.41, 5.74) is 0.130. The number of nitrogens with zero attached hydrogens (tertiary/aromatic N) is 3. The number of carbonyl (C=O) groups excluding carboxylic acids is 1. The fraction of sp³-hybridized carbons (Fsp3) is 0.364. The van der Waals surface area contributed by atoms with Gasteiger partial charge in [-0.3, -0.25) is 4.79 Å². The zero-order valence-electron chi connectivity index (χ0n) is 16.6. The first-order chi connectivity index (χ1) is 14.3. The lowest BCUT2D eigenvalue weighted by Crippen LogP contribution is -2.48. The average molecular weight is 417 g/mol. The number of anilines is 1. The Balaban J connectivity index is 1.56. The third-order valence-electron chi connectivity index (χ3n) is 5.21. The molecule has 158 valence electrons. The number of methoxy groups -OCH3 is 1. The maximum atomic E-state index is 13.2. The summed E-state index contributed by atoms with van der Waals surface area (Å²) in [6.45, 7) is 1.78. The first-order valence-corrected chi connectivity index (χ1v) is 9.59. The number of carbonyl (C=O) groups is 1. The molecule has 0 radical (unpaired) electrons. The smallest absolute Gasteiger partial charge is 0.417 e. The zero-order chi connectivity index (χ0) is 21.7. The number of rotatable bonds is 5. The number of nitriles is 1. The Hall–Kier alpha value is -3.21. The molecule has 1 amide bonds. The van der Waals surface area contributed by atoms with Crippen molar-refractivity contribution < 1.29 is 22.7 Å². The molecule has 0 bridgehead atoms. The first-order valence-electron chi connectivity index (χ1n) is 9.59. The van der Waals surface area contributed by atoms with E-state index in [1.807, 2.05) is 29.2 Å². The van der Waals surface area contributed by atoms with Crippen molar-refractivity contribution in [3.8, 4) is 11.8 Å². The van der Waals surface area contributed by atoms with Crippen LogP contribution in [0.3, 0.4) is 0 Å². The van der Waals surface area contributed by atoms with E-state index >= 15 is 0 Å². The summed E-state index contributed by atoms with van der Waals surface area (Å²) in [5.74, 6) is 0.791. The molecule has 2 aromatic carbocycles. The van der Waals surface area contributed by atoms with Crippen LogP contribution >= 0.6 is 0 Å². The number of hydrogen-bond acceptors (Lipinski definition) is 4. The van der Waals surface area contributed by atoms with Crippen molar-refractivity contribution >= 4 is 11.6 Å². The Bertz CT molecular complexity index is 928. The van der Waals surface area contributed by atoms with Crippen molar-refractivity contribution in [3.05, 3.63) is 59.2 Å². The number of halogens is 3. The van der Waals surface area contributed by atoms with E-state index in [4.69, 9.17) is 10.00 Å². The molecule has 30 heavy (non-hydrogen) atoms. The topological polar surface area (TPSA) is 56.6 Å². The normalized spacial score (nSPS) is 14.4. The fourth-order valence-corrected chi connectivity index (χ4v) is 3.48. The second-order valence-electron chi connectivity index (χ2n) is 7.06. The molecule has 1 heterocycles. The molecule has 1 aliphatic heterocycles. The lowest BCUT2D eigenvalue weighted by atomic mass is 10.1. The third kappa shape index (κ3) is 5.03. The quantitative estimate of drug-likeness (QED) is 0.741. The van der Waals surface area contributed by atoms with Gasteiger partial charge in [-0.15, -0.1) is 0 Å². The Morgan fingerprint density at radius 1 is 1.10 bits per heavy atom. The number of aryl methyl sites for hydroxylation is 1. The van der Waals surface area contributed by atoms with Crippen LogP contribution in [-0.2, 0) is 17.4 Å². The van der Waals surface area contributed by atoms with Crippen molar-refractivity contribution in [2.45, 2.75) is 19.0 Å². The molecule has 1 fully saturated rings. The van der Waals surface area contributed by atoms with E-state index in [0.717, 1.165) is 17.4 Å². The molecule has 0 unspecified atom stereocenters. The van der Waals surface area contributed by atoms with E-state index in [0.29, 0.717) is 44.7 Å². The molecule has 2 aromatic rings. The van der Waals surface area contributed by atoms with Crippen LogP contribution in [0.4, 0.5) is 18.9 Å². The van der Waals surface area contributed by atoms with Gasteiger partial charge in [-0.2, -0.15) is 18.4 Å². The maximum Gasteiger partial charge on any atom is 0.417 e. The predicted octanol–water partition coefficient (Wildman–Crippen LogP) is 3.87. The number of alkyl halides is 3. The van der Waals surface area contributed by atoms with Gasteiger partial charge in [0, 0.05) is 38.3 Å².